The molecule has 6 N–H and O–H groups in total. The number of ether oxygens (including phenoxy) is 1. The van der Waals surface area contributed by atoms with Crippen LogP contribution in [0.3, 0.4) is 0 Å². The number of nitrogens with one attached hydrogen (secondary N) is 1. The average molecular weight is 324 g/mol. The van der Waals surface area contributed by atoms with Crippen LogP contribution in [-0.2, 0) is 14.3 Å². The summed E-state index contributed by atoms with van der Waals surface area (Å²) in [5.74, 6) is -1.88. The molecule has 130 valence electrons. The number of aliphatic carboxylic acids is 1. The number of carbonyl (C=O) groups excluding carboxylic acids is 1. The normalized spacial score (nSPS) is 11.7. The zero-order valence-electron chi connectivity index (χ0n) is 12.3. The lowest BCUT2D eigenvalue weighted by molar-refractivity contribution is -0.149. The average Bonchev–Trinajstić information content (AvgIpc) is 2.48. The summed E-state index contributed by atoms with van der Waals surface area (Å²) in [6, 6.07) is 0. The first-order valence-electron chi connectivity index (χ1n) is 6.71. The predicted molar refractivity (Wildman–Crippen MR) is 74.1 cm³/mol. The number of carbonyl (C=O) groups is 2. The van der Waals surface area contributed by atoms with Crippen LogP contribution < -0.4 is 5.32 Å². The second-order valence-electron chi connectivity index (χ2n) is 4.73. The highest BCUT2D eigenvalue weighted by atomic mass is 16.5. The number of hydrogen-bond donors (Lipinski definition) is 6. The molecule has 22 heavy (non-hydrogen) atoms. The van der Waals surface area contributed by atoms with Crippen molar-refractivity contribution < 1.29 is 39.9 Å². The highest BCUT2D eigenvalue weighted by molar-refractivity contribution is 5.71. The van der Waals surface area contributed by atoms with Crippen LogP contribution in [0.4, 0.5) is 0 Å². The van der Waals surface area contributed by atoms with Crippen molar-refractivity contribution in [3.63, 3.8) is 0 Å². The van der Waals surface area contributed by atoms with E-state index in [4.69, 9.17) is 20.1 Å². The Morgan fingerprint density at radius 2 is 1.59 bits per heavy atom. The lowest BCUT2D eigenvalue weighted by Crippen LogP contribution is -2.57. The summed E-state index contributed by atoms with van der Waals surface area (Å²) in [7, 11) is 0. The molecule has 0 aromatic heterocycles. The third-order valence-corrected chi connectivity index (χ3v) is 2.91. The topological polar surface area (TPSA) is 160 Å². The number of rotatable bonds is 13. The highest BCUT2D eigenvalue weighted by Gasteiger charge is 2.31. The fraction of sp³-hybridized carbons (Fsp3) is 0.833. The van der Waals surface area contributed by atoms with Gasteiger partial charge < -0.3 is 30.3 Å². The van der Waals surface area contributed by atoms with E-state index in [0.29, 0.717) is 0 Å². The first kappa shape index (κ1) is 20.7. The fourth-order valence-corrected chi connectivity index (χ4v) is 1.57. The Morgan fingerprint density at radius 3 is 2.00 bits per heavy atom. The molecule has 0 radical (unpaired) electrons. The maximum Gasteiger partial charge on any atom is 0.320 e. The molecule has 0 amide bonds. The molecule has 0 aliphatic rings. The molecule has 0 aliphatic carbocycles. The zero-order chi connectivity index (χ0) is 17.0. The van der Waals surface area contributed by atoms with Crippen molar-refractivity contribution in [1.82, 2.24) is 10.2 Å². The van der Waals surface area contributed by atoms with Crippen LogP contribution in [-0.4, -0.2) is 107 Å². The first-order valence-corrected chi connectivity index (χ1v) is 6.71. The Hall–Kier alpha value is -1.30. The number of esters is 1. The van der Waals surface area contributed by atoms with Crippen molar-refractivity contribution in [3.8, 4) is 0 Å². The number of aliphatic hydroxyl groups is 4. The van der Waals surface area contributed by atoms with E-state index in [-0.39, 0.29) is 32.8 Å². The van der Waals surface area contributed by atoms with Gasteiger partial charge in [-0.05, 0) is 0 Å². The van der Waals surface area contributed by atoms with Gasteiger partial charge in [0.1, 0.15) is 6.61 Å². The van der Waals surface area contributed by atoms with Gasteiger partial charge in [-0.15, -0.1) is 0 Å². The minimum Gasteiger partial charge on any atom is -0.480 e. The van der Waals surface area contributed by atoms with Crippen LogP contribution in [0.5, 0.6) is 0 Å². The maximum absolute atomic E-state index is 11.7. The summed E-state index contributed by atoms with van der Waals surface area (Å²) in [6.45, 7) is -2.39. The fourth-order valence-electron chi connectivity index (χ4n) is 1.57. The van der Waals surface area contributed by atoms with E-state index in [1.807, 2.05) is 0 Å². The molecule has 0 rings (SSSR count). The van der Waals surface area contributed by atoms with Crippen LogP contribution in [0.2, 0.25) is 0 Å². The number of carboxylic acids is 1. The summed E-state index contributed by atoms with van der Waals surface area (Å²) < 4.78 is 4.93. The van der Waals surface area contributed by atoms with E-state index < -0.39 is 43.8 Å². The third kappa shape index (κ3) is 8.22. The van der Waals surface area contributed by atoms with Gasteiger partial charge in [0, 0.05) is 13.1 Å². The molecular weight excluding hydrogens is 300 g/mol. The molecule has 0 aromatic rings. The van der Waals surface area contributed by atoms with Gasteiger partial charge in [-0.25, -0.2) is 0 Å². The quantitative estimate of drug-likeness (QED) is 0.185. The molecular formula is C12H24N2O8. The summed E-state index contributed by atoms with van der Waals surface area (Å²) >= 11 is 0. The molecule has 0 saturated carbocycles. The molecule has 0 bridgehead atoms. The van der Waals surface area contributed by atoms with Crippen molar-refractivity contribution in [2.45, 2.75) is 5.54 Å². The monoisotopic (exact) mass is 324 g/mol. The summed E-state index contributed by atoms with van der Waals surface area (Å²) in [5, 5.41) is 47.2. The second kappa shape index (κ2) is 11.3. The van der Waals surface area contributed by atoms with Gasteiger partial charge in [-0.3, -0.25) is 19.8 Å². The van der Waals surface area contributed by atoms with Gasteiger partial charge in [0.05, 0.1) is 45.1 Å². The van der Waals surface area contributed by atoms with Crippen molar-refractivity contribution in [3.05, 3.63) is 0 Å². The van der Waals surface area contributed by atoms with Crippen LogP contribution >= 0.6 is 0 Å². The molecule has 0 spiro atoms. The van der Waals surface area contributed by atoms with Gasteiger partial charge in [0.2, 0.25) is 0 Å². The summed E-state index contributed by atoms with van der Waals surface area (Å²) in [4.78, 5) is 23.7. The summed E-state index contributed by atoms with van der Waals surface area (Å²) in [6.07, 6.45) is 0. The van der Waals surface area contributed by atoms with Gasteiger partial charge in [-0.1, -0.05) is 0 Å². The van der Waals surface area contributed by atoms with Crippen molar-refractivity contribution in [2.75, 3.05) is 59.2 Å². The van der Waals surface area contributed by atoms with E-state index in [9.17, 15) is 19.8 Å². The minimum absolute atomic E-state index is 0.179. The van der Waals surface area contributed by atoms with Crippen molar-refractivity contribution >= 4 is 11.9 Å². The lowest BCUT2D eigenvalue weighted by atomic mass is 10.0. The SMILES string of the molecule is O=C(O)CNC(CO)(CO)COC(=O)CN(CCO)CCO. The third-order valence-electron chi connectivity index (χ3n) is 2.91. The van der Waals surface area contributed by atoms with E-state index >= 15 is 0 Å². The Kier molecular flexibility index (Phi) is 10.6. The number of hydrogen-bond acceptors (Lipinski definition) is 9. The molecule has 10 heteroatoms. The van der Waals surface area contributed by atoms with E-state index in [1.165, 1.54) is 4.90 Å². The van der Waals surface area contributed by atoms with Crippen LogP contribution in [0, 0.1) is 0 Å². The molecule has 0 atom stereocenters. The molecule has 0 unspecified atom stereocenters. The van der Waals surface area contributed by atoms with Crippen molar-refractivity contribution in [1.29, 1.82) is 0 Å². The van der Waals surface area contributed by atoms with E-state index in [2.05, 4.69) is 5.32 Å². The van der Waals surface area contributed by atoms with E-state index in [0.717, 1.165) is 0 Å². The van der Waals surface area contributed by atoms with Crippen LogP contribution in [0.15, 0.2) is 0 Å². The molecule has 10 nitrogen and oxygen atoms in total. The van der Waals surface area contributed by atoms with Crippen molar-refractivity contribution in [2.24, 2.45) is 0 Å². The lowest BCUT2D eigenvalue weighted by Gasteiger charge is -2.30. The van der Waals surface area contributed by atoms with Gasteiger partial charge in [-0.2, -0.15) is 0 Å². The maximum atomic E-state index is 11.7. The van der Waals surface area contributed by atoms with Gasteiger partial charge >= 0.3 is 11.9 Å². The Balaban J connectivity index is 4.44. The zero-order valence-corrected chi connectivity index (χ0v) is 12.3. The van der Waals surface area contributed by atoms with Crippen LogP contribution in [0.25, 0.3) is 0 Å². The molecule has 0 saturated heterocycles. The Labute approximate surface area is 127 Å². The molecule has 0 heterocycles. The standard InChI is InChI=1S/C12H24N2O8/c15-3-1-14(2-4-16)6-11(21)22-9-12(7-17,8-18)13-5-10(19)20/h13,15-18H,1-9H2,(H,19,20). The van der Waals surface area contributed by atoms with Crippen LogP contribution in [0.1, 0.15) is 0 Å². The predicted octanol–water partition coefficient (Wildman–Crippen LogP) is -3.79. The Morgan fingerprint density at radius 1 is 1.05 bits per heavy atom. The molecule has 0 aromatic carbocycles. The second-order valence-corrected chi connectivity index (χ2v) is 4.73. The largest absolute Gasteiger partial charge is 0.480 e. The number of nitrogens with zero attached hydrogens (tertiary/aromatic N) is 1. The van der Waals surface area contributed by atoms with Gasteiger partial charge in [0.25, 0.3) is 0 Å². The van der Waals surface area contributed by atoms with E-state index in [1.54, 1.807) is 0 Å². The Bertz CT molecular complexity index is 329. The number of carboxylic acid groups (broad SMARTS) is 1. The number of aliphatic hydroxyl groups excluding tert-OH is 4. The highest BCUT2D eigenvalue weighted by Crippen LogP contribution is 2.04. The first-order chi connectivity index (χ1) is 10.4. The molecule has 0 aliphatic heterocycles. The smallest absolute Gasteiger partial charge is 0.320 e. The summed E-state index contributed by atoms with van der Waals surface area (Å²) in [5.41, 5.74) is -1.45. The molecule has 0 fully saturated rings. The van der Waals surface area contributed by atoms with Gasteiger partial charge in [0.15, 0.2) is 0 Å². The minimum atomic E-state index is -1.45.